The number of carbonyl (C=O) groups excluding carboxylic acids is 2. The van der Waals surface area contributed by atoms with Crippen LogP contribution >= 0.6 is 0 Å². The number of rotatable bonds is 5. The molecule has 0 radical (unpaired) electrons. The van der Waals surface area contributed by atoms with Crippen LogP contribution in [0.3, 0.4) is 0 Å². The molecule has 3 N–H and O–H groups in total. The van der Waals surface area contributed by atoms with Gasteiger partial charge in [-0.3, -0.25) is 23.9 Å². The number of nitrogens with zero attached hydrogens (tertiary/aromatic N) is 1. The van der Waals surface area contributed by atoms with Crippen molar-refractivity contribution in [2.75, 3.05) is 6.61 Å². The number of H-pyrrole nitrogens is 1. The smallest absolute Gasteiger partial charge is 0.330 e. The Morgan fingerprint density at radius 3 is 2.70 bits per heavy atom. The molecule has 0 aromatic carbocycles. The van der Waals surface area contributed by atoms with Gasteiger partial charge in [0.15, 0.2) is 12.3 Å². The number of ketones is 1. The third-order valence-corrected chi connectivity index (χ3v) is 3.28. The van der Waals surface area contributed by atoms with Crippen LogP contribution in [-0.4, -0.2) is 56.4 Å². The van der Waals surface area contributed by atoms with Gasteiger partial charge in [0.25, 0.3) is 5.56 Å². The van der Waals surface area contributed by atoms with E-state index < -0.39 is 60.6 Å². The van der Waals surface area contributed by atoms with Crippen LogP contribution in [0.1, 0.15) is 19.6 Å². The van der Waals surface area contributed by atoms with Crippen molar-refractivity contribution in [3.8, 4) is 0 Å². The number of hydrogen-bond acceptors (Lipinski definition) is 8. The molecule has 10 nitrogen and oxygen atoms in total. The molecule has 1 aromatic rings. The van der Waals surface area contributed by atoms with Crippen molar-refractivity contribution >= 4 is 11.8 Å². The first-order chi connectivity index (χ1) is 10.8. The number of esters is 1. The summed E-state index contributed by atoms with van der Waals surface area (Å²) in [4.78, 5) is 47.5. The van der Waals surface area contributed by atoms with Crippen molar-refractivity contribution in [3.63, 3.8) is 0 Å². The summed E-state index contributed by atoms with van der Waals surface area (Å²) >= 11 is 0. The highest BCUT2D eigenvalue weighted by Gasteiger charge is 2.47. The van der Waals surface area contributed by atoms with E-state index in [9.17, 15) is 29.4 Å². The second-order valence-corrected chi connectivity index (χ2v) is 5.09. The standard InChI is InChI=1S/C13H16N2O8/c1-6(17)4-9(19)23-11-10(20)7(5-16)22-12(11)15-3-2-8(18)14-13(15)21/h2-3,7,10-12,16,20H,4-5H2,1H3,(H,14,18,21)/t7-,10-,11-,12-/m1/s1. The van der Waals surface area contributed by atoms with Crippen LogP contribution in [-0.2, 0) is 19.1 Å². The quantitative estimate of drug-likeness (QED) is 0.403. The van der Waals surface area contributed by atoms with Gasteiger partial charge in [0.05, 0.1) is 6.61 Å². The van der Waals surface area contributed by atoms with Gasteiger partial charge in [-0.2, -0.15) is 0 Å². The Balaban J connectivity index is 2.30. The van der Waals surface area contributed by atoms with Crippen molar-refractivity contribution in [3.05, 3.63) is 33.1 Å². The molecule has 10 heteroatoms. The fourth-order valence-corrected chi connectivity index (χ4v) is 2.24. The van der Waals surface area contributed by atoms with Gasteiger partial charge < -0.3 is 19.7 Å². The monoisotopic (exact) mass is 328 g/mol. The topological polar surface area (TPSA) is 148 Å². The number of aromatic amines is 1. The molecular weight excluding hydrogens is 312 g/mol. The molecule has 0 amide bonds. The lowest BCUT2D eigenvalue weighted by atomic mass is 10.1. The van der Waals surface area contributed by atoms with E-state index in [0.717, 1.165) is 16.8 Å². The highest BCUT2D eigenvalue weighted by atomic mass is 16.6. The van der Waals surface area contributed by atoms with Crippen molar-refractivity contribution in [1.29, 1.82) is 0 Å². The van der Waals surface area contributed by atoms with E-state index in [-0.39, 0.29) is 0 Å². The minimum atomic E-state index is -1.40. The molecule has 126 valence electrons. The maximum Gasteiger partial charge on any atom is 0.330 e. The number of aromatic nitrogens is 2. The van der Waals surface area contributed by atoms with Crippen LogP contribution in [0.2, 0.25) is 0 Å². The normalized spacial score (nSPS) is 26.9. The number of Topliss-reactive ketones (excluding diaryl/α,β-unsaturated/α-hetero) is 1. The lowest BCUT2D eigenvalue weighted by Gasteiger charge is -2.21. The summed E-state index contributed by atoms with van der Waals surface area (Å²) in [6.45, 7) is 0.625. The van der Waals surface area contributed by atoms with E-state index in [2.05, 4.69) is 0 Å². The van der Waals surface area contributed by atoms with Crippen molar-refractivity contribution in [2.24, 2.45) is 0 Å². The van der Waals surface area contributed by atoms with Crippen molar-refractivity contribution in [1.82, 2.24) is 9.55 Å². The van der Waals surface area contributed by atoms with E-state index in [1.807, 2.05) is 4.98 Å². The van der Waals surface area contributed by atoms with Crippen LogP contribution in [0.15, 0.2) is 21.9 Å². The fourth-order valence-electron chi connectivity index (χ4n) is 2.24. The van der Waals surface area contributed by atoms with Gasteiger partial charge in [0, 0.05) is 12.3 Å². The molecule has 1 aliphatic rings. The molecule has 4 atom stereocenters. The van der Waals surface area contributed by atoms with Crippen LogP contribution in [0.5, 0.6) is 0 Å². The van der Waals surface area contributed by atoms with Gasteiger partial charge in [-0.15, -0.1) is 0 Å². The second kappa shape index (κ2) is 6.86. The molecule has 23 heavy (non-hydrogen) atoms. The average Bonchev–Trinajstić information content (AvgIpc) is 2.75. The number of nitrogens with one attached hydrogen (secondary N) is 1. The zero-order valence-corrected chi connectivity index (χ0v) is 12.2. The van der Waals surface area contributed by atoms with Crippen LogP contribution < -0.4 is 11.2 Å². The van der Waals surface area contributed by atoms with Crippen molar-refractivity contribution < 1.29 is 29.3 Å². The Morgan fingerprint density at radius 1 is 1.43 bits per heavy atom. The van der Waals surface area contributed by atoms with Crippen LogP contribution in [0.25, 0.3) is 0 Å². The van der Waals surface area contributed by atoms with Gasteiger partial charge in [0.2, 0.25) is 0 Å². The Kier molecular flexibility index (Phi) is 5.08. The molecule has 1 aliphatic heterocycles. The zero-order valence-electron chi connectivity index (χ0n) is 12.2. The van der Waals surface area contributed by atoms with E-state index in [1.54, 1.807) is 0 Å². The third kappa shape index (κ3) is 3.73. The summed E-state index contributed by atoms with van der Waals surface area (Å²) in [5, 5.41) is 19.3. The largest absolute Gasteiger partial charge is 0.454 e. The van der Waals surface area contributed by atoms with Crippen LogP contribution in [0, 0.1) is 0 Å². The average molecular weight is 328 g/mol. The number of hydrogen-bond donors (Lipinski definition) is 3. The molecule has 0 aliphatic carbocycles. The van der Waals surface area contributed by atoms with E-state index in [0.29, 0.717) is 0 Å². The Labute approximate surface area is 129 Å². The Hall–Kier alpha value is -2.30. The summed E-state index contributed by atoms with van der Waals surface area (Å²) in [6.07, 6.45) is -4.44. The van der Waals surface area contributed by atoms with Gasteiger partial charge >= 0.3 is 11.7 Å². The molecule has 1 saturated heterocycles. The molecule has 0 unspecified atom stereocenters. The minimum Gasteiger partial charge on any atom is -0.454 e. The zero-order chi connectivity index (χ0) is 17.1. The Morgan fingerprint density at radius 2 is 2.13 bits per heavy atom. The lowest BCUT2D eigenvalue weighted by Crippen LogP contribution is -2.40. The summed E-state index contributed by atoms with van der Waals surface area (Å²) in [6, 6.07) is 1.05. The van der Waals surface area contributed by atoms with E-state index in [1.165, 1.54) is 6.92 Å². The number of aliphatic hydroxyl groups excluding tert-OH is 2. The molecule has 0 saturated carbocycles. The predicted molar refractivity (Wildman–Crippen MR) is 73.5 cm³/mol. The maximum absolute atomic E-state index is 11.8. The number of aliphatic hydroxyl groups is 2. The molecule has 2 rings (SSSR count). The number of ether oxygens (including phenoxy) is 2. The highest BCUT2D eigenvalue weighted by Crippen LogP contribution is 2.30. The van der Waals surface area contributed by atoms with Crippen molar-refractivity contribution in [2.45, 2.75) is 37.9 Å². The van der Waals surface area contributed by atoms with Crippen LogP contribution in [0.4, 0.5) is 0 Å². The SMILES string of the molecule is CC(=O)CC(=O)O[C@@H]1[C@H](O)[C@@H](CO)O[C@H]1n1ccc(=O)[nH]c1=O. The summed E-state index contributed by atoms with van der Waals surface area (Å²) in [5.74, 6) is -1.33. The highest BCUT2D eigenvalue weighted by molar-refractivity contribution is 5.94. The number of carbonyl (C=O) groups is 2. The first-order valence-electron chi connectivity index (χ1n) is 6.78. The summed E-state index contributed by atoms with van der Waals surface area (Å²) < 4.78 is 11.3. The van der Waals surface area contributed by atoms with E-state index >= 15 is 0 Å². The van der Waals surface area contributed by atoms with Gasteiger partial charge in [-0.1, -0.05) is 0 Å². The van der Waals surface area contributed by atoms with Gasteiger partial charge in [-0.05, 0) is 6.92 Å². The van der Waals surface area contributed by atoms with E-state index in [4.69, 9.17) is 9.47 Å². The summed E-state index contributed by atoms with van der Waals surface area (Å²) in [5.41, 5.74) is -1.46. The molecule has 2 heterocycles. The molecule has 1 aromatic heterocycles. The third-order valence-electron chi connectivity index (χ3n) is 3.28. The maximum atomic E-state index is 11.8. The molecule has 0 spiro atoms. The first-order valence-corrected chi connectivity index (χ1v) is 6.78. The molecule has 1 fully saturated rings. The predicted octanol–water partition coefficient (Wildman–Crippen LogP) is -2.32. The Bertz CT molecular complexity index is 708. The second-order valence-electron chi connectivity index (χ2n) is 5.09. The molecular formula is C13H16N2O8. The molecule has 0 bridgehead atoms. The fraction of sp³-hybridized carbons (Fsp3) is 0.538. The lowest BCUT2D eigenvalue weighted by molar-refractivity contribution is -0.159. The van der Waals surface area contributed by atoms with Gasteiger partial charge in [-0.25, -0.2) is 4.79 Å². The summed E-state index contributed by atoms with van der Waals surface area (Å²) in [7, 11) is 0. The minimum absolute atomic E-state index is 0.431. The first kappa shape index (κ1) is 17.1. The van der Waals surface area contributed by atoms with Gasteiger partial charge in [0.1, 0.15) is 24.4 Å².